The lowest BCUT2D eigenvalue weighted by molar-refractivity contribution is -0.120. The second-order valence-corrected chi connectivity index (χ2v) is 3.70. The van der Waals surface area contributed by atoms with Crippen molar-refractivity contribution in [3.63, 3.8) is 0 Å². The fourth-order valence-electron chi connectivity index (χ4n) is 1.52. The van der Waals surface area contributed by atoms with Gasteiger partial charge in [-0.25, -0.2) is 0 Å². The fraction of sp³-hybridized carbons (Fsp3) is 0.417. The SMILES string of the molecule is CCCNC(C(N)=O)c1cccc(C)c1. The highest BCUT2D eigenvalue weighted by atomic mass is 16.1. The molecule has 0 spiro atoms. The highest BCUT2D eigenvalue weighted by Crippen LogP contribution is 2.13. The predicted octanol–water partition coefficient (Wildman–Crippen LogP) is 1.52. The van der Waals surface area contributed by atoms with Crippen LogP contribution in [0.5, 0.6) is 0 Å². The van der Waals surface area contributed by atoms with Crippen LogP contribution in [0.3, 0.4) is 0 Å². The Bertz CT molecular complexity index is 336. The van der Waals surface area contributed by atoms with Gasteiger partial charge in [0.2, 0.25) is 5.91 Å². The van der Waals surface area contributed by atoms with Crippen LogP contribution in [0.2, 0.25) is 0 Å². The molecule has 15 heavy (non-hydrogen) atoms. The number of benzene rings is 1. The largest absolute Gasteiger partial charge is 0.368 e. The standard InChI is InChI=1S/C12H18N2O/c1-3-7-14-11(12(13)15)10-6-4-5-9(2)8-10/h4-6,8,11,14H,3,7H2,1-2H3,(H2,13,15). The topological polar surface area (TPSA) is 55.1 Å². The number of nitrogens with one attached hydrogen (secondary N) is 1. The van der Waals surface area contributed by atoms with Crippen molar-refractivity contribution in [2.24, 2.45) is 5.73 Å². The van der Waals surface area contributed by atoms with E-state index in [2.05, 4.69) is 12.2 Å². The van der Waals surface area contributed by atoms with Crippen LogP contribution in [0.4, 0.5) is 0 Å². The summed E-state index contributed by atoms with van der Waals surface area (Å²) in [5.74, 6) is -0.325. The van der Waals surface area contributed by atoms with E-state index in [4.69, 9.17) is 5.73 Å². The molecule has 1 atom stereocenters. The second kappa shape index (κ2) is 5.51. The van der Waals surface area contributed by atoms with Gasteiger partial charge in [0.15, 0.2) is 0 Å². The Morgan fingerprint density at radius 1 is 1.53 bits per heavy atom. The zero-order valence-electron chi connectivity index (χ0n) is 9.29. The molecule has 0 radical (unpaired) electrons. The lowest BCUT2D eigenvalue weighted by Gasteiger charge is -2.15. The fourth-order valence-corrected chi connectivity index (χ4v) is 1.52. The molecule has 1 rings (SSSR count). The molecule has 1 unspecified atom stereocenters. The van der Waals surface area contributed by atoms with Gasteiger partial charge in [-0.3, -0.25) is 4.79 Å². The Morgan fingerprint density at radius 3 is 2.80 bits per heavy atom. The molecular weight excluding hydrogens is 188 g/mol. The van der Waals surface area contributed by atoms with Crippen molar-refractivity contribution < 1.29 is 4.79 Å². The summed E-state index contributed by atoms with van der Waals surface area (Å²) in [5, 5.41) is 3.14. The molecule has 3 heteroatoms. The Kier molecular flexibility index (Phi) is 4.31. The van der Waals surface area contributed by atoms with Gasteiger partial charge in [0.05, 0.1) is 0 Å². The molecule has 0 aliphatic rings. The molecule has 0 saturated heterocycles. The third kappa shape index (κ3) is 3.36. The Hall–Kier alpha value is -1.35. The molecule has 1 aromatic carbocycles. The Morgan fingerprint density at radius 2 is 2.27 bits per heavy atom. The smallest absolute Gasteiger partial charge is 0.239 e. The summed E-state index contributed by atoms with van der Waals surface area (Å²) < 4.78 is 0. The van der Waals surface area contributed by atoms with Gasteiger partial charge in [0.25, 0.3) is 0 Å². The summed E-state index contributed by atoms with van der Waals surface area (Å²) >= 11 is 0. The molecule has 3 nitrogen and oxygen atoms in total. The van der Waals surface area contributed by atoms with Crippen molar-refractivity contribution in [1.29, 1.82) is 0 Å². The molecule has 82 valence electrons. The monoisotopic (exact) mass is 206 g/mol. The lowest BCUT2D eigenvalue weighted by Crippen LogP contribution is -2.34. The third-order valence-electron chi connectivity index (χ3n) is 2.26. The molecule has 1 aromatic rings. The third-order valence-corrected chi connectivity index (χ3v) is 2.26. The minimum atomic E-state index is -0.371. The van der Waals surface area contributed by atoms with E-state index in [9.17, 15) is 4.79 Å². The highest BCUT2D eigenvalue weighted by molar-refractivity contribution is 5.81. The highest BCUT2D eigenvalue weighted by Gasteiger charge is 2.16. The first-order chi connectivity index (χ1) is 7.15. The van der Waals surface area contributed by atoms with Crippen LogP contribution in [0.25, 0.3) is 0 Å². The number of primary amides is 1. The van der Waals surface area contributed by atoms with Crippen LogP contribution < -0.4 is 11.1 Å². The molecule has 0 aliphatic heterocycles. The summed E-state index contributed by atoms with van der Waals surface area (Å²) in [6, 6.07) is 7.48. The molecule has 0 aromatic heterocycles. The van der Waals surface area contributed by atoms with Gasteiger partial charge in [-0.05, 0) is 25.5 Å². The minimum absolute atomic E-state index is 0.325. The zero-order chi connectivity index (χ0) is 11.3. The van der Waals surface area contributed by atoms with Gasteiger partial charge in [-0.15, -0.1) is 0 Å². The van der Waals surface area contributed by atoms with Crippen molar-refractivity contribution >= 4 is 5.91 Å². The van der Waals surface area contributed by atoms with Crippen LogP contribution >= 0.6 is 0 Å². The number of aryl methyl sites for hydroxylation is 1. The number of hydrogen-bond acceptors (Lipinski definition) is 2. The van der Waals surface area contributed by atoms with Crippen LogP contribution in [-0.2, 0) is 4.79 Å². The van der Waals surface area contributed by atoms with Crippen molar-refractivity contribution in [1.82, 2.24) is 5.32 Å². The van der Waals surface area contributed by atoms with E-state index < -0.39 is 0 Å². The summed E-state index contributed by atoms with van der Waals surface area (Å²) in [6.45, 7) is 4.85. The van der Waals surface area contributed by atoms with E-state index in [0.29, 0.717) is 0 Å². The number of nitrogens with two attached hydrogens (primary N) is 1. The molecule has 0 saturated carbocycles. The maximum atomic E-state index is 11.3. The van der Waals surface area contributed by atoms with E-state index >= 15 is 0 Å². The van der Waals surface area contributed by atoms with Gasteiger partial charge in [-0.2, -0.15) is 0 Å². The van der Waals surface area contributed by atoms with E-state index in [1.807, 2.05) is 31.2 Å². The zero-order valence-corrected chi connectivity index (χ0v) is 9.29. The summed E-state index contributed by atoms with van der Waals surface area (Å²) in [4.78, 5) is 11.3. The molecular formula is C12H18N2O. The number of carbonyl (C=O) groups excluding carboxylic acids is 1. The molecule has 0 heterocycles. The van der Waals surface area contributed by atoms with Gasteiger partial charge < -0.3 is 11.1 Å². The van der Waals surface area contributed by atoms with Crippen molar-refractivity contribution in [2.75, 3.05) is 6.54 Å². The maximum absolute atomic E-state index is 11.3. The van der Waals surface area contributed by atoms with Crippen molar-refractivity contribution in [3.8, 4) is 0 Å². The van der Waals surface area contributed by atoms with E-state index in [1.54, 1.807) is 0 Å². The number of carbonyl (C=O) groups is 1. The van der Waals surface area contributed by atoms with Crippen LogP contribution in [0, 0.1) is 6.92 Å². The summed E-state index contributed by atoms with van der Waals surface area (Å²) in [6.07, 6.45) is 0.982. The number of rotatable bonds is 5. The van der Waals surface area contributed by atoms with Gasteiger partial charge in [0.1, 0.15) is 6.04 Å². The lowest BCUT2D eigenvalue weighted by atomic mass is 10.0. The van der Waals surface area contributed by atoms with E-state index in [1.165, 1.54) is 0 Å². The van der Waals surface area contributed by atoms with Crippen molar-refractivity contribution in [3.05, 3.63) is 35.4 Å². The van der Waals surface area contributed by atoms with Crippen LogP contribution in [-0.4, -0.2) is 12.5 Å². The maximum Gasteiger partial charge on any atom is 0.239 e. The first-order valence-corrected chi connectivity index (χ1v) is 5.24. The van der Waals surface area contributed by atoms with Gasteiger partial charge in [-0.1, -0.05) is 36.8 Å². The van der Waals surface area contributed by atoms with E-state index in [-0.39, 0.29) is 11.9 Å². The summed E-state index contributed by atoms with van der Waals surface area (Å²) in [7, 11) is 0. The average molecular weight is 206 g/mol. The molecule has 1 amide bonds. The van der Waals surface area contributed by atoms with Gasteiger partial charge >= 0.3 is 0 Å². The minimum Gasteiger partial charge on any atom is -0.368 e. The molecule has 0 aliphatic carbocycles. The number of hydrogen-bond donors (Lipinski definition) is 2. The average Bonchev–Trinajstić information content (AvgIpc) is 2.18. The van der Waals surface area contributed by atoms with Crippen LogP contribution in [0.1, 0.15) is 30.5 Å². The van der Waals surface area contributed by atoms with E-state index in [0.717, 1.165) is 24.1 Å². The molecule has 0 fully saturated rings. The quantitative estimate of drug-likeness (QED) is 0.767. The first-order valence-electron chi connectivity index (χ1n) is 5.24. The van der Waals surface area contributed by atoms with Gasteiger partial charge in [0, 0.05) is 0 Å². The molecule has 0 bridgehead atoms. The first kappa shape index (κ1) is 11.7. The van der Waals surface area contributed by atoms with Crippen LogP contribution in [0.15, 0.2) is 24.3 Å². The Labute approximate surface area is 90.7 Å². The Balaban J connectivity index is 2.84. The second-order valence-electron chi connectivity index (χ2n) is 3.70. The molecule has 3 N–H and O–H groups in total. The summed E-state index contributed by atoms with van der Waals surface area (Å²) in [5.41, 5.74) is 7.43. The number of amides is 1. The van der Waals surface area contributed by atoms with Crippen molar-refractivity contribution in [2.45, 2.75) is 26.3 Å². The normalized spacial score (nSPS) is 12.4. The predicted molar refractivity (Wildman–Crippen MR) is 61.4 cm³/mol.